The first-order valence-electron chi connectivity index (χ1n) is 10.5. The van der Waals surface area contributed by atoms with Crippen LogP contribution >= 0.6 is 0 Å². The Labute approximate surface area is 167 Å². The summed E-state index contributed by atoms with van der Waals surface area (Å²) < 4.78 is 18.3. The minimum atomic E-state index is -0.563. The minimum absolute atomic E-state index is 0.0256. The number of nitrogens with one attached hydrogen (secondary N) is 1. The SMILES string of the molecule is C=C(C)[C@H]1COC(=O)C[C@@H]1[C@H](NC(C)=O)B1O[C@@H]2C[C@@H]3C[C@@H](C3(C)C)[C@]2(C)O1. The summed E-state index contributed by atoms with van der Waals surface area (Å²) in [6.07, 6.45) is 2.42. The first kappa shape index (κ1) is 20.0. The van der Waals surface area contributed by atoms with Crippen molar-refractivity contribution in [1.29, 1.82) is 0 Å². The Morgan fingerprint density at radius 2 is 2.00 bits per heavy atom. The summed E-state index contributed by atoms with van der Waals surface area (Å²) in [4.78, 5) is 24.1. The van der Waals surface area contributed by atoms with Gasteiger partial charge in [-0.2, -0.15) is 0 Å². The summed E-state index contributed by atoms with van der Waals surface area (Å²) in [5, 5.41) is 3.04. The van der Waals surface area contributed by atoms with Crippen molar-refractivity contribution in [2.24, 2.45) is 29.1 Å². The molecule has 7 heteroatoms. The monoisotopic (exact) mass is 389 g/mol. The lowest BCUT2D eigenvalue weighted by molar-refractivity contribution is -0.199. The molecule has 0 aromatic heterocycles. The number of ether oxygens (including phenoxy) is 1. The van der Waals surface area contributed by atoms with E-state index in [0.717, 1.165) is 12.0 Å². The molecule has 2 bridgehead atoms. The maximum atomic E-state index is 12.1. The van der Waals surface area contributed by atoms with Crippen LogP contribution in [0.25, 0.3) is 0 Å². The topological polar surface area (TPSA) is 73.9 Å². The molecule has 2 saturated heterocycles. The van der Waals surface area contributed by atoms with Crippen LogP contribution in [0, 0.1) is 29.1 Å². The molecule has 3 saturated carbocycles. The molecule has 1 amide bonds. The molecule has 0 radical (unpaired) electrons. The predicted molar refractivity (Wildman–Crippen MR) is 105 cm³/mol. The zero-order chi connectivity index (χ0) is 20.4. The largest absolute Gasteiger partial charge is 0.482 e. The van der Waals surface area contributed by atoms with Gasteiger partial charge in [0.25, 0.3) is 0 Å². The van der Waals surface area contributed by atoms with E-state index in [0.29, 0.717) is 18.4 Å². The molecule has 154 valence electrons. The van der Waals surface area contributed by atoms with Crippen molar-refractivity contribution in [3.63, 3.8) is 0 Å². The lowest BCUT2D eigenvalue weighted by Crippen LogP contribution is -2.65. The van der Waals surface area contributed by atoms with E-state index in [-0.39, 0.29) is 47.3 Å². The number of carbonyl (C=O) groups excluding carboxylic acids is 2. The van der Waals surface area contributed by atoms with Crippen molar-refractivity contribution in [2.75, 3.05) is 6.61 Å². The van der Waals surface area contributed by atoms with Gasteiger partial charge in [0.05, 0.1) is 30.7 Å². The van der Waals surface area contributed by atoms with Crippen LogP contribution in [0.2, 0.25) is 0 Å². The molecule has 2 aliphatic heterocycles. The van der Waals surface area contributed by atoms with E-state index in [1.807, 2.05) is 6.92 Å². The van der Waals surface area contributed by atoms with Crippen LogP contribution in [0.5, 0.6) is 0 Å². The number of amides is 1. The fraction of sp³-hybridized carbons (Fsp3) is 0.810. The molecule has 7 atom stereocenters. The summed E-state index contributed by atoms with van der Waals surface area (Å²) in [7, 11) is -0.563. The molecule has 6 nitrogen and oxygen atoms in total. The molecule has 28 heavy (non-hydrogen) atoms. The molecular formula is C21H32BNO5. The summed E-state index contributed by atoms with van der Waals surface area (Å²) in [6.45, 7) is 14.6. The van der Waals surface area contributed by atoms with Crippen molar-refractivity contribution in [1.82, 2.24) is 5.32 Å². The van der Waals surface area contributed by atoms with Crippen molar-refractivity contribution < 1.29 is 23.6 Å². The first-order chi connectivity index (χ1) is 13.0. The van der Waals surface area contributed by atoms with E-state index in [1.54, 1.807) is 0 Å². The standard InChI is InChI=1S/C21H32BNO5/c1-11(2)15-10-26-18(25)9-14(15)19(23-12(3)24)22-27-17-8-13-7-16(20(13,4)5)21(17,6)28-22/h13-17,19H,1,7-10H2,2-6H3,(H,23,24)/t13-,14-,15+,16-,17+,19-,21-/m0/s1. The van der Waals surface area contributed by atoms with E-state index in [4.69, 9.17) is 14.0 Å². The van der Waals surface area contributed by atoms with Crippen LogP contribution in [-0.2, 0) is 23.6 Å². The fourth-order valence-electron chi connectivity index (χ4n) is 6.25. The van der Waals surface area contributed by atoms with Gasteiger partial charge in [-0.25, -0.2) is 0 Å². The number of rotatable bonds is 4. The van der Waals surface area contributed by atoms with E-state index in [9.17, 15) is 9.59 Å². The minimum Gasteiger partial charge on any atom is -0.465 e. The molecule has 5 aliphatic rings. The van der Waals surface area contributed by atoms with E-state index in [2.05, 4.69) is 32.7 Å². The molecule has 3 aliphatic carbocycles. The summed E-state index contributed by atoms with van der Waals surface area (Å²) >= 11 is 0. The van der Waals surface area contributed by atoms with Crippen LogP contribution < -0.4 is 5.32 Å². The van der Waals surface area contributed by atoms with Crippen molar-refractivity contribution in [3.05, 3.63) is 12.2 Å². The predicted octanol–water partition coefficient (Wildman–Crippen LogP) is 2.51. The van der Waals surface area contributed by atoms with Gasteiger partial charge >= 0.3 is 13.1 Å². The fourth-order valence-corrected chi connectivity index (χ4v) is 6.25. The lowest BCUT2D eigenvalue weighted by Gasteiger charge is -2.64. The molecule has 0 unspecified atom stereocenters. The Balaban J connectivity index is 1.61. The third kappa shape index (κ3) is 2.93. The lowest BCUT2D eigenvalue weighted by atomic mass is 9.43. The highest BCUT2D eigenvalue weighted by Gasteiger charge is 2.69. The average molecular weight is 389 g/mol. The highest BCUT2D eigenvalue weighted by atomic mass is 16.7. The Bertz CT molecular complexity index is 709. The zero-order valence-electron chi connectivity index (χ0n) is 17.6. The van der Waals surface area contributed by atoms with E-state index in [1.165, 1.54) is 13.3 Å². The first-order valence-corrected chi connectivity index (χ1v) is 10.5. The molecule has 2 heterocycles. The van der Waals surface area contributed by atoms with Gasteiger partial charge in [0.15, 0.2) is 0 Å². The van der Waals surface area contributed by atoms with Crippen LogP contribution in [-0.4, -0.2) is 43.2 Å². The molecule has 1 N–H and O–H groups in total. The second-order valence-corrected chi connectivity index (χ2v) is 10.1. The van der Waals surface area contributed by atoms with Crippen molar-refractivity contribution >= 4 is 19.0 Å². The third-order valence-corrected chi connectivity index (χ3v) is 8.07. The van der Waals surface area contributed by atoms with Gasteiger partial charge in [-0.05, 0) is 49.9 Å². The second-order valence-electron chi connectivity index (χ2n) is 10.1. The van der Waals surface area contributed by atoms with Crippen molar-refractivity contribution in [2.45, 2.75) is 71.5 Å². The summed E-state index contributed by atoms with van der Waals surface area (Å²) in [5.41, 5.74) is 0.841. The number of hydrogen-bond acceptors (Lipinski definition) is 5. The number of carbonyl (C=O) groups is 2. The quantitative estimate of drug-likeness (QED) is 0.454. The van der Waals surface area contributed by atoms with Gasteiger partial charge in [0.1, 0.15) is 0 Å². The third-order valence-electron chi connectivity index (χ3n) is 8.07. The molecular weight excluding hydrogens is 357 g/mol. The van der Waals surface area contributed by atoms with Crippen molar-refractivity contribution in [3.8, 4) is 0 Å². The van der Waals surface area contributed by atoms with Gasteiger partial charge in [-0.3, -0.25) is 9.59 Å². The van der Waals surface area contributed by atoms with Gasteiger partial charge in [0.2, 0.25) is 5.91 Å². The summed E-state index contributed by atoms with van der Waals surface area (Å²) in [5.74, 6) is 0.116. The number of cyclic esters (lactones) is 1. The Kier molecular flexibility index (Phi) is 4.70. The number of esters is 1. The Morgan fingerprint density at radius 1 is 1.29 bits per heavy atom. The average Bonchev–Trinajstić information content (AvgIpc) is 2.95. The van der Waals surface area contributed by atoms with Crippen LogP contribution in [0.4, 0.5) is 0 Å². The van der Waals surface area contributed by atoms with Crippen LogP contribution in [0.15, 0.2) is 12.2 Å². The van der Waals surface area contributed by atoms with Gasteiger partial charge < -0.3 is 19.4 Å². The zero-order valence-corrected chi connectivity index (χ0v) is 17.6. The van der Waals surface area contributed by atoms with E-state index < -0.39 is 13.1 Å². The van der Waals surface area contributed by atoms with E-state index >= 15 is 0 Å². The van der Waals surface area contributed by atoms with Crippen LogP contribution in [0.1, 0.15) is 53.9 Å². The Hall–Kier alpha value is -1.34. The summed E-state index contributed by atoms with van der Waals surface area (Å²) in [6, 6.07) is 0. The maximum Gasteiger partial charge on any atom is 0.482 e. The molecule has 5 fully saturated rings. The van der Waals surface area contributed by atoms with Gasteiger partial charge in [-0.15, -0.1) is 0 Å². The highest BCUT2D eigenvalue weighted by molar-refractivity contribution is 6.48. The van der Waals surface area contributed by atoms with Crippen LogP contribution in [0.3, 0.4) is 0 Å². The normalized spacial score (nSPS) is 42.1. The smallest absolute Gasteiger partial charge is 0.465 e. The molecule has 0 spiro atoms. The Morgan fingerprint density at radius 3 is 2.61 bits per heavy atom. The number of hydrogen-bond donors (Lipinski definition) is 1. The molecule has 0 aromatic carbocycles. The van der Waals surface area contributed by atoms with Gasteiger partial charge in [0, 0.05) is 12.8 Å². The molecule has 0 aromatic rings. The van der Waals surface area contributed by atoms with Gasteiger partial charge in [-0.1, -0.05) is 26.0 Å². The molecule has 5 rings (SSSR count). The maximum absolute atomic E-state index is 12.1. The highest BCUT2D eigenvalue weighted by Crippen LogP contribution is 2.65. The second kappa shape index (κ2) is 6.59.